The van der Waals surface area contributed by atoms with Gasteiger partial charge in [0, 0.05) is 20.3 Å². The summed E-state index contributed by atoms with van der Waals surface area (Å²) in [7, 11) is 1.63. The molecule has 0 bridgehead atoms. The van der Waals surface area contributed by atoms with Gasteiger partial charge >= 0.3 is 5.69 Å². The van der Waals surface area contributed by atoms with Crippen LogP contribution in [-0.2, 0) is 4.74 Å². The summed E-state index contributed by atoms with van der Waals surface area (Å²) in [5.74, 6) is 5.53. The number of hydrogen-bond donors (Lipinski definition) is 3. The third-order valence-electron chi connectivity index (χ3n) is 2.44. The van der Waals surface area contributed by atoms with Gasteiger partial charge in [0.05, 0.1) is 4.92 Å². The van der Waals surface area contributed by atoms with Crippen LogP contribution in [0.2, 0.25) is 0 Å². The maximum Gasteiger partial charge on any atom is 0.332 e. The number of nitrogen functional groups attached to an aromatic ring is 1. The fourth-order valence-corrected chi connectivity index (χ4v) is 1.55. The number of nitrogens with zero attached hydrogens (tertiary/aromatic N) is 3. The Morgan fingerprint density at radius 1 is 1.42 bits per heavy atom. The molecule has 0 radical (unpaired) electrons. The Morgan fingerprint density at radius 2 is 2.16 bits per heavy atom. The summed E-state index contributed by atoms with van der Waals surface area (Å²) in [5.41, 5.74) is 2.40. The van der Waals surface area contributed by atoms with Crippen LogP contribution >= 0.6 is 0 Å². The standard InChI is InChI=1S/C10H18N6O3/c1-7-8(16(17)18)9(14-10(13-7)15-11)12-5-3-4-6-19-2/h3-6,11H2,1-2H3,(H2,12,13,14,15). The molecule has 0 saturated heterocycles. The third kappa shape index (κ3) is 4.30. The Hall–Kier alpha value is -2.00. The van der Waals surface area contributed by atoms with Gasteiger partial charge in [-0.05, 0) is 19.8 Å². The van der Waals surface area contributed by atoms with Gasteiger partial charge in [-0.15, -0.1) is 0 Å². The van der Waals surface area contributed by atoms with Crippen molar-refractivity contribution >= 4 is 17.5 Å². The van der Waals surface area contributed by atoms with E-state index in [1.54, 1.807) is 7.11 Å². The number of anilines is 2. The molecule has 1 aromatic rings. The number of aryl methyl sites for hydroxylation is 1. The summed E-state index contributed by atoms with van der Waals surface area (Å²) in [4.78, 5) is 18.3. The minimum absolute atomic E-state index is 0.134. The van der Waals surface area contributed by atoms with Gasteiger partial charge in [0.15, 0.2) is 0 Å². The van der Waals surface area contributed by atoms with Crippen LogP contribution in [0.25, 0.3) is 0 Å². The van der Waals surface area contributed by atoms with Crippen molar-refractivity contribution in [2.24, 2.45) is 5.84 Å². The van der Waals surface area contributed by atoms with Gasteiger partial charge in [-0.25, -0.2) is 10.8 Å². The smallest absolute Gasteiger partial charge is 0.332 e. The first-order chi connectivity index (χ1) is 9.10. The molecular weight excluding hydrogens is 252 g/mol. The first kappa shape index (κ1) is 15.1. The summed E-state index contributed by atoms with van der Waals surface area (Å²) in [5, 5.41) is 13.9. The second kappa shape index (κ2) is 7.44. The van der Waals surface area contributed by atoms with Gasteiger partial charge in [-0.2, -0.15) is 4.98 Å². The van der Waals surface area contributed by atoms with Gasteiger partial charge in [0.2, 0.25) is 11.8 Å². The molecule has 0 spiro atoms. The lowest BCUT2D eigenvalue weighted by Crippen LogP contribution is -2.15. The largest absolute Gasteiger partial charge is 0.385 e. The van der Waals surface area contributed by atoms with Gasteiger partial charge in [-0.3, -0.25) is 15.5 Å². The molecule has 0 aliphatic carbocycles. The summed E-state index contributed by atoms with van der Waals surface area (Å²) in [6, 6.07) is 0. The first-order valence-electron chi connectivity index (χ1n) is 5.82. The van der Waals surface area contributed by atoms with Gasteiger partial charge in [-0.1, -0.05) is 0 Å². The predicted octanol–water partition coefficient (Wildman–Crippen LogP) is 0.817. The maximum absolute atomic E-state index is 11.0. The lowest BCUT2D eigenvalue weighted by molar-refractivity contribution is -0.385. The quantitative estimate of drug-likeness (QED) is 0.274. The lowest BCUT2D eigenvalue weighted by atomic mass is 10.3. The molecule has 1 rings (SSSR count). The fraction of sp³-hybridized carbons (Fsp3) is 0.600. The SMILES string of the molecule is COCCCCNc1nc(NN)nc(C)c1[N+](=O)[O-]. The van der Waals surface area contributed by atoms with E-state index in [1.165, 1.54) is 6.92 Å². The van der Waals surface area contributed by atoms with E-state index in [4.69, 9.17) is 10.6 Å². The topological polar surface area (TPSA) is 128 Å². The Bertz CT molecular complexity index is 440. The van der Waals surface area contributed by atoms with E-state index in [1.807, 2.05) is 0 Å². The average Bonchev–Trinajstić information content (AvgIpc) is 2.37. The Morgan fingerprint density at radius 3 is 2.74 bits per heavy atom. The number of nitrogens with two attached hydrogens (primary N) is 1. The van der Waals surface area contributed by atoms with Crippen molar-refractivity contribution in [2.45, 2.75) is 19.8 Å². The highest BCUT2D eigenvalue weighted by molar-refractivity contribution is 5.60. The number of unbranched alkanes of at least 4 members (excludes halogenated alkanes) is 1. The molecule has 0 aliphatic rings. The Balaban J connectivity index is 2.78. The third-order valence-corrected chi connectivity index (χ3v) is 2.44. The molecule has 9 nitrogen and oxygen atoms in total. The van der Waals surface area contributed by atoms with Crippen LogP contribution in [0, 0.1) is 17.0 Å². The zero-order valence-corrected chi connectivity index (χ0v) is 11.0. The van der Waals surface area contributed by atoms with Crippen LogP contribution in [0.4, 0.5) is 17.5 Å². The van der Waals surface area contributed by atoms with Gasteiger partial charge in [0.25, 0.3) is 0 Å². The van der Waals surface area contributed by atoms with Crippen molar-refractivity contribution in [3.8, 4) is 0 Å². The number of methoxy groups -OCH3 is 1. The molecule has 9 heteroatoms. The Labute approximate surface area is 110 Å². The molecule has 0 aromatic carbocycles. The zero-order chi connectivity index (χ0) is 14.3. The summed E-state index contributed by atoms with van der Waals surface area (Å²) < 4.78 is 4.92. The minimum Gasteiger partial charge on any atom is -0.385 e. The zero-order valence-electron chi connectivity index (χ0n) is 11.0. The number of nitro groups is 1. The summed E-state index contributed by atoms with van der Waals surface area (Å²) in [6.07, 6.45) is 1.68. The maximum atomic E-state index is 11.0. The number of rotatable bonds is 8. The normalized spacial score (nSPS) is 10.3. The van der Waals surface area contributed by atoms with E-state index in [-0.39, 0.29) is 23.1 Å². The van der Waals surface area contributed by atoms with Gasteiger partial charge < -0.3 is 10.1 Å². The molecule has 1 aromatic heterocycles. The molecular formula is C10H18N6O3. The van der Waals surface area contributed by atoms with Crippen molar-refractivity contribution in [1.82, 2.24) is 9.97 Å². The van der Waals surface area contributed by atoms with Crippen molar-refractivity contribution in [3.05, 3.63) is 15.8 Å². The molecule has 0 fully saturated rings. The van der Waals surface area contributed by atoms with E-state index >= 15 is 0 Å². The molecule has 106 valence electrons. The van der Waals surface area contributed by atoms with E-state index in [2.05, 4.69) is 20.7 Å². The lowest BCUT2D eigenvalue weighted by Gasteiger charge is -2.09. The van der Waals surface area contributed by atoms with Crippen LogP contribution in [0.15, 0.2) is 0 Å². The van der Waals surface area contributed by atoms with Crippen LogP contribution in [-0.4, -0.2) is 35.2 Å². The number of ether oxygens (including phenoxy) is 1. The second-order valence-electron chi connectivity index (χ2n) is 3.86. The van der Waals surface area contributed by atoms with Crippen LogP contribution < -0.4 is 16.6 Å². The van der Waals surface area contributed by atoms with Crippen LogP contribution in [0.5, 0.6) is 0 Å². The van der Waals surface area contributed by atoms with Gasteiger partial charge in [0.1, 0.15) is 5.69 Å². The molecule has 0 atom stereocenters. The highest BCUT2D eigenvalue weighted by Crippen LogP contribution is 2.26. The minimum atomic E-state index is -0.507. The van der Waals surface area contributed by atoms with Crippen LogP contribution in [0.1, 0.15) is 18.5 Å². The van der Waals surface area contributed by atoms with Crippen molar-refractivity contribution in [2.75, 3.05) is 31.0 Å². The summed E-state index contributed by atoms with van der Waals surface area (Å²) in [6.45, 7) is 2.75. The molecule has 1 heterocycles. The van der Waals surface area contributed by atoms with Crippen LogP contribution in [0.3, 0.4) is 0 Å². The molecule has 0 saturated carbocycles. The second-order valence-corrected chi connectivity index (χ2v) is 3.86. The number of hydrazine groups is 1. The fourth-order valence-electron chi connectivity index (χ4n) is 1.55. The van der Waals surface area contributed by atoms with E-state index < -0.39 is 4.92 Å². The van der Waals surface area contributed by atoms with Crippen molar-refractivity contribution in [3.63, 3.8) is 0 Å². The predicted molar refractivity (Wildman–Crippen MR) is 70.8 cm³/mol. The molecule has 19 heavy (non-hydrogen) atoms. The highest BCUT2D eigenvalue weighted by Gasteiger charge is 2.21. The van der Waals surface area contributed by atoms with E-state index in [0.29, 0.717) is 13.2 Å². The van der Waals surface area contributed by atoms with Crippen molar-refractivity contribution < 1.29 is 9.66 Å². The molecule has 0 amide bonds. The molecule has 4 N–H and O–H groups in total. The number of nitrogens with one attached hydrogen (secondary N) is 2. The molecule has 0 aliphatic heterocycles. The van der Waals surface area contributed by atoms with E-state index in [9.17, 15) is 10.1 Å². The highest BCUT2D eigenvalue weighted by atomic mass is 16.6. The van der Waals surface area contributed by atoms with E-state index in [0.717, 1.165) is 12.8 Å². The molecule has 0 unspecified atom stereocenters. The Kier molecular flexibility index (Phi) is 5.90. The monoisotopic (exact) mass is 270 g/mol. The number of hydrogen-bond acceptors (Lipinski definition) is 8. The summed E-state index contributed by atoms with van der Waals surface area (Å²) >= 11 is 0. The first-order valence-corrected chi connectivity index (χ1v) is 5.82. The average molecular weight is 270 g/mol. The van der Waals surface area contributed by atoms with Crippen molar-refractivity contribution in [1.29, 1.82) is 0 Å². The number of aromatic nitrogens is 2.